The number of rotatable bonds is 9. The molecule has 1 unspecified atom stereocenters. The Bertz CT molecular complexity index is 1740. The Morgan fingerprint density at radius 1 is 0.905 bits per heavy atom. The van der Waals surface area contributed by atoms with E-state index in [1.807, 2.05) is 85.1 Å². The second-order valence-corrected chi connectivity index (χ2v) is 11.5. The van der Waals surface area contributed by atoms with Crippen molar-refractivity contribution in [2.75, 3.05) is 17.7 Å². The van der Waals surface area contributed by atoms with Crippen LogP contribution in [0.2, 0.25) is 0 Å². The first-order valence-electron chi connectivity index (χ1n) is 13.1. The summed E-state index contributed by atoms with van der Waals surface area (Å²) in [6, 6.07) is 34.0. The number of hydrogen-bond acceptors (Lipinski definition) is 6. The molecule has 0 radical (unpaired) electrons. The van der Waals surface area contributed by atoms with E-state index in [9.17, 15) is 14.9 Å². The van der Waals surface area contributed by atoms with Crippen LogP contribution in [0.3, 0.4) is 0 Å². The van der Waals surface area contributed by atoms with Crippen LogP contribution < -0.4 is 15.4 Å². The minimum atomic E-state index is -0.602. The lowest BCUT2D eigenvalue weighted by molar-refractivity contribution is -0.115. The number of anilines is 2. The molecule has 4 aromatic carbocycles. The number of methoxy groups -OCH3 is 1. The summed E-state index contributed by atoms with van der Waals surface area (Å²) < 4.78 is 5.17. The highest BCUT2D eigenvalue weighted by molar-refractivity contribution is 8.00. The van der Waals surface area contributed by atoms with Crippen LogP contribution in [0.15, 0.2) is 113 Å². The summed E-state index contributed by atoms with van der Waals surface area (Å²) in [4.78, 5) is 27.4. The van der Waals surface area contributed by atoms with Crippen molar-refractivity contribution >= 4 is 45.6 Å². The van der Waals surface area contributed by atoms with Crippen molar-refractivity contribution in [1.82, 2.24) is 0 Å². The maximum atomic E-state index is 13.8. The van der Waals surface area contributed by atoms with Gasteiger partial charge in [-0.3, -0.25) is 9.59 Å². The van der Waals surface area contributed by atoms with Gasteiger partial charge >= 0.3 is 0 Å². The van der Waals surface area contributed by atoms with Crippen LogP contribution in [0, 0.1) is 18.3 Å². The van der Waals surface area contributed by atoms with Gasteiger partial charge in [0.05, 0.1) is 12.7 Å². The van der Waals surface area contributed by atoms with Crippen LogP contribution in [-0.4, -0.2) is 18.9 Å². The molecule has 0 aliphatic heterocycles. The van der Waals surface area contributed by atoms with Gasteiger partial charge in [0.2, 0.25) is 5.91 Å². The fourth-order valence-electron chi connectivity index (χ4n) is 4.31. The predicted molar refractivity (Wildman–Crippen MR) is 170 cm³/mol. The molecule has 1 atom stereocenters. The second-order valence-electron chi connectivity index (χ2n) is 9.44. The van der Waals surface area contributed by atoms with Crippen LogP contribution in [0.5, 0.6) is 5.75 Å². The number of nitriles is 1. The maximum absolute atomic E-state index is 13.8. The van der Waals surface area contributed by atoms with E-state index >= 15 is 0 Å². The Morgan fingerprint density at radius 3 is 2.33 bits per heavy atom. The molecule has 5 rings (SSSR count). The van der Waals surface area contributed by atoms with Gasteiger partial charge in [0.25, 0.3) is 5.91 Å². The molecule has 0 aliphatic rings. The van der Waals surface area contributed by atoms with Crippen LogP contribution in [0.25, 0.3) is 11.1 Å². The Labute approximate surface area is 253 Å². The van der Waals surface area contributed by atoms with E-state index in [1.165, 1.54) is 23.1 Å². The molecule has 1 aromatic heterocycles. The number of nitrogens with zero attached hydrogens (tertiary/aromatic N) is 1. The fraction of sp³-hybridized carbons (Fsp3) is 0.0882. The average molecular weight is 590 g/mol. The number of carbonyl (C=O) groups is 2. The van der Waals surface area contributed by atoms with E-state index < -0.39 is 5.25 Å². The first-order chi connectivity index (χ1) is 20.4. The lowest BCUT2D eigenvalue weighted by Gasteiger charge is -2.17. The van der Waals surface area contributed by atoms with Crippen LogP contribution in [-0.2, 0) is 4.79 Å². The van der Waals surface area contributed by atoms with Gasteiger partial charge in [-0.25, -0.2) is 0 Å². The van der Waals surface area contributed by atoms with Crippen molar-refractivity contribution in [3.63, 3.8) is 0 Å². The minimum Gasteiger partial charge on any atom is -0.497 e. The molecule has 0 spiro atoms. The van der Waals surface area contributed by atoms with Gasteiger partial charge in [0.15, 0.2) is 0 Å². The number of carbonyl (C=O) groups excluding carboxylic acids is 2. The molecular formula is C34H27N3O3S2. The number of thioether (sulfide) groups is 1. The lowest BCUT2D eigenvalue weighted by Crippen LogP contribution is -2.19. The zero-order valence-electron chi connectivity index (χ0n) is 23.0. The zero-order chi connectivity index (χ0) is 29.5. The van der Waals surface area contributed by atoms with E-state index in [-0.39, 0.29) is 11.8 Å². The van der Waals surface area contributed by atoms with E-state index in [0.717, 1.165) is 27.1 Å². The van der Waals surface area contributed by atoms with Crippen molar-refractivity contribution in [3.05, 3.63) is 131 Å². The summed E-state index contributed by atoms with van der Waals surface area (Å²) in [5, 5.41) is 17.7. The first-order valence-corrected chi connectivity index (χ1v) is 14.9. The molecule has 8 heteroatoms. The maximum Gasteiger partial charge on any atom is 0.255 e. The predicted octanol–water partition coefficient (Wildman–Crippen LogP) is 8.33. The SMILES string of the molecule is COc1ccc(C(=O)Nc2cccc(SC(C(=O)Nc3scc(-c4ccc(C)cc4)c3C#N)c3ccccc3)c2)cc1. The smallest absolute Gasteiger partial charge is 0.255 e. The number of benzene rings is 4. The molecule has 208 valence electrons. The molecule has 2 N–H and O–H groups in total. The van der Waals surface area contributed by atoms with Crippen molar-refractivity contribution in [2.45, 2.75) is 17.1 Å². The van der Waals surface area contributed by atoms with Gasteiger partial charge in [-0.05, 0) is 60.5 Å². The third-order valence-corrected chi connectivity index (χ3v) is 8.68. The van der Waals surface area contributed by atoms with E-state index in [2.05, 4.69) is 16.7 Å². The molecule has 5 aromatic rings. The number of amides is 2. The molecule has 0 bridgehead atoms. The Morgan fingerprint density at radius 2 is 1.64 bits per heavy atom. The standard InChI is InChI=1S/C34H27N3O3S2/c1-22-11-13-23(14-12-22)30-21-41-34(29(30)20-35)37-33(39)31(24-7-4-3-5-8-24)42-28-10-6-9-26(19-28)36-32(38)25-15-17-27(40-2)18-16-25/h3-19,21,31H,1-2H3,(H,36,38)(H,37,39). The highest BCUT2D eigenvalue weighted by Crippen LogP contribution is 2.40. The third-order valence-electron chi connectivity index (χ3n) is 6.54. The van der Waals surface area contributed by atoms with Crippen molar-refractivity contribution in [2.24, 2.45) is 0 Å². The van der Waals surface area contributed by atoms with Crippen molar-refractivity contribution < 1.29 is 14.3 Å². The molecule has 6 nitrogen and oxygen atoms in total. The molecule has 2 amide bonds. The summed E-state index contributed by atoms with van der Waals surface area (Å²) in [7, 11) is 1.58. The van der Waals surface area contributed by atoms with Crippen LogP contribution in [0.4, 0.5) is 10.7 Å². The van der Waals surface area contributed by atoms with Gasteiger partial charge in [-0.2, -0.15) is 5.26 Å². The number of thiophene rings is 1. The summed E-state index contributed by atoms with van der Waals surface area (Å²) >= 11 is 2.71. The van der Waals surface area contributed by atoms with Crippen LogP contribution in [0.1, 0.15) is 32.3 Å². The summed E-state index contributed by atoms with van der Waals surface area (Å²) in [5.74, 6) is 0.182. The summed E-state index contributed by atoms with van der Waals surface area (Å²) in [6.07, 6.45) is 0. The van der Waals surface area contributed by atoms with E-state index in [1.54, 1.807) is 37.4 Å². The third kappa shape index (κ3) is 6.72. The molecule has 0 fully saturated rings. The number of nitrogens with one attached hydrogen (secondary N) is 2. The van der Waals surface area contributed by atoms with E-state index in [0.29, 0.717) is 27.6 Å². The van der Waals surface area contributed by atoms with Gasteiger partial charge in [-0.1, -0.05) is 66.2 Å². The normalized spacial score (nSPS) is 11.3. The molecule has 0 saturated carbocycles. The Kier molecular flexibility index (Phi) is 9.02. The molecule has 0 saturated heterocycles. The fourth-order valence-corrected chi connectivity index (χ4v) is 6.32. The molecular weight excluding hydrogens is 563 g/mol. The van der Waals surface area contributed by atoms with Gasteiger partial charge in [-0.15, -0.1) is 23.1 Å². The van der Waals surface area contributed by atoms with Crippen molar-refractivity contribution in [1.29, 1.82) is 5.26 Å². The minimum absolute atomic E-state index is 0.243. The monoisotopic (exact) mass is 589 g/mol. The quantitative estimate of drug-likeness (QED) is 0.169. The lowest BCUT2D eigenvalue weighted by atomic mass is 10.0. The van der Waals surface area contributed by atoms with Crippen LogP contribution >= 0.6 is 23.1 Å². The highest BCUT2D eigenvalue weighted by atomic mass is 32.2. The molecule has 42 heavy (non-hydrogen) atoms. The Balaban J connectivity index is 1.37. The topological polar surface area (TPSA) is 91.2 Å². The zero-order valence-corrected chi connectivity index (χ0v) is 24.6. The number of ether oxygens (including phenoxy) is 1. The largest absolute Gasteiger partial charge is 0.497 e. The van der Waals surface area contributed by atoms with Gasteiger partial charge in [0.1, 0.15) is 22.1 Å². The van der Waals surface area contributed by atoms with Gasteiger partial charge in [0, 0.05) is 27.1 Å². The highest BCUT2D eigenvalue weighted by Gasteiger charge is 2.25. The second kappa shape index (κ2) is 13.2. The average Bonchev–Trinajstić information content (AvgIpc) is 3.43. The summed E-state index contributed by atoms with van der Waals surface area (Å²) in [5.41, 5.74) is 5.23. The molecule has 0 aliphatic carbocycles. The number of hydrogen-bond donors (Lipinski definition) is 2. The summed E-state index contributed by atoms with van der Waals surface area (Å²) in [6.45, 7) is 2.01. The Hall–Kier alpha value is -4.84. The molecule has 1 heterocycles. The van der Waals surface area contributed by atoms with Gasteiger partial charge < -0.3 is 15.4 Å². The van der Waals surface area contributed by atoms with E-state index in [4.69, 9.17) is 4.74 Å². The first kappa shape index (κ1) is 28.7. The van der Waals surface area contributed by atoms with Crippen molar-refractivity contribution in [3.8, 4) is 22.9 Å². The number of aryl methyl sites for hydroxylation is 1.